The van der Waals surface area contributed by atoms with Crippen LogP contribution in [0.5, 0.6) is 5.75 Å². The molecule has 0 fully saturated rings. The van der Waals surface area contributed by atoms with E-state index in [-0.39, 0.29) is 5.91 Å². The highest BCUT2D eigenvalue weighted by Gasteiger charge is 2.14. The second-order valence-electron chi connectivity index (χ2n) is 5.02. The molecule has 0 saturated heterocycles. The molecule has 0 atom stereocenters. The summed E-state index contributed by atoms with van der Waals surface area (Å²) in [4.78, 5) is 14.3. The lowest BCUT2D eigenvalue weighted by Gasteiger charge is -2.21. The van der Waals surface area contributed by atoms with Gasteiger partial charge in [0.2, 0.25) is 5.91 Å². The van der Waals surface area contributed by atoms with Crippen LogP contribution in [0.3, 0.4) is 0 Å². The third-order valence-corrected chi connectivity index (χ3v) is 3.94. The largest absolute Gasteiger partial charge is 0.497 e. The van der Waals surface area contributed by atoms with E-state index in [2.05, 4.69) is 0 Å². The fourth-order valence-corrected chi connectivity index (χ4v) is 2.43. The Morgan fingerprint density at radius 3 is 2.41 bits per heavy atom. The van der Waals surface area contributed by atoms with Crippen molar-refractivity contribution in [2.45, 2.75) is 19.9 Å². The molecular formula is C18H20ClNO2. The fraction of sp³-hybridized carbons (Fsp3) is 0.278. The molecule has 0 radical (unpaired) electrons. The predicted molar refractivity (Wildman–Crippen MR) is 89.2 cm³/mol. The van der Waals surface area contributed by atoms with Crippen LogP contribution in [0.15, 0.2) is 48.5 Å². The van der Waals surface area contributed by atoms with Crippen LogP contribution in [0.4, 0.5) is 0 Å². The van der Waals surface area contributed by atoms with E-state index in [1.165, 1.54) is 0 Å². The number of likely N-dealkylation sites (N-methyl/N-ethyl adjacent to an activating group) is 1. The van der Waals surface area contributed by atoms with Gasteiger partial charge in [0.15, 0.2) is 0 Å². The molecule has 0 bridgehead atoms. The zero-order chi connectivity index (χ0) is 15.9. The summed E-state index contributed by atoms with van der Waals surface area (Å²) >= 11 is 6.17. The van der Waals surface area contributed by atoms with Gasteiger partial charge in [-0.3, -0.25) is 4.79 Å². The normalized spacial score (nSPS) is 10.3. The lowest BCUT2D eigenvalue weighted by atomic mass is 10.1. The first-order valence-electron chi connectivity index (χ1n) is 7.28. The highest BCUT2D eigenvalue weighted by molar-refractivity contribution is 6.31. The number of hydrogen-bond donors (Lipinski definition) is 0. The standard InChI is InChI=1S/C18H20ClNO2/c1-3-20(13-15-6-4-5-7-17(15)19)18(21)12-14-8-10-16(22-2)11-9-14/h4-11H,3,12-13H2,1-2H3. The van der Waals surface area contributed by atoms with E-state index in [4.69, 9.17) is 16.3 Å². The summed E-state index contributed by atoms with van der Waals surface area (Å²) < 4.78 is 5.12. The van der Waals surface area contributed by atoms with E-state index in [0.29, 0.717) is 24.5 Å². The van der Waals surface area contributed by atoms with Crippen molar-refractivity contribution >= 4 is 17.5 Å². The molecule has 22 heavy (non-hydrogen) atoms. The first-order valence-corrected chi connectivity index (χ1v) is 7.66. The van der Waals surface area contributed by atoms with Gasteiger partial charge in [-0.2, -0.15) is 0 Å². The maximum absolute atomic E-state index is 12.5. The third-order valence-electron chi connectivity index (χ3n) is 3.57. The van der Waals surface area contributed by atoms with Gasteiger partial charge < -0.3 is 9.64 Å². The average Bonchev–Trinajstić information content (AvgIpc) is 2.54. The molecule has 0 N–H and O–H groups in total. The van der Waals surface area contributed by atoms with Gasteiger partial charge in [0.25, 0.3) is 0 Å². The quantitative estimate of drug-likeness (QED) is 0.807. The lowest BCUT2D eigenvalue weighted by Crippen LogP contribution is -2.31. The van der Waals surface area contributed by atoms with Crippen molar-refractivity contribution in [3.8, 4) is 5.75 Å². The molecule has 0 aromatic heterocycles. The topological polar surface area (TPSA) is 29.5 Å². The number of halogens is 1. The second kappa shape index (κ2) is 7.85. The Bertz CT molecular complexity index is 625. The number of carbonyl (C=O) groups excluding carboxylic acids is 1. The molecule has 1 amide bonds. The van der Waals surface area contributed by atoms with Gasteiger partial charge in [-0.25, -0.2) is 0 Å². The van der Waals surface area contributed by atoms with Crippen molar-refractivity contribution in [3.63, 3.8) is 0 Å². The van der Waals surface area contributed by atoms with Gasteiger partial charge in [-0.1, -0.05) is 41.9 Å². The van der Waals surface area contributed by atoms with Crippen LogP contribution in [0.2, 0.25) is 5.02 Å². The molecule has 0 heterocycles. The molecule has 116 valence electrons. The number of carbonyl (C=O) groups is 1. The van der Waals surface area contributed by atoms with E-state index >= 15 is 0 Å². The van der Waals surface area contributed by atoms with Gasteiger partial charge >= 0.3 is 0 Å². The van der Waals surface area contributed by atoms with E-state index in [1.807, 2.05) is 60.4 Å². The fourth-order valence-electron chi connectivity index (χ4n) is 2.24. The van der Waals surface area contributed by atoms with Gasteiger partial charge in [0, 0.05) is 18.1 Å². The molecule has 2 rings (SSSR count). The summed E-state index contributed by atoms with van der Waals surface area (Å²) in [5, 5.41) is 0.693. The number of nitrogens with zero attached hydrogens (tertiary/aromatic N) is 1. The van der Waals surface area contributed by atoms with Crippen molar-refractivity contribution in [2.24, 2.45) is 0 Å². The van der Waals surface area contributed by atoms with E-state index < -0.39 is 0 Å². The Morgan fingerprint density at radius 2 is 1.82 bits per heavy atom. The Balaban J connectivity index is 2.03. The number of hydrogen-bond acceptors (Lipinski definition) is 2. The molecule has 0 aliphatic carbocycles. The summed E-state index contributed by atoms with van der Waals surface area (Å²) in [6, 6.07) is 15.2. The van der Waals surface area contributed by atoms with E-state index in [9.17, 15) is 4.79 Å². The third kappa shape index (κ3) is 4.25. The van der Waals surface area contributed by atoms with Crippen LogP contribution in [-0.4, -0.2) is 24.5 Å². The van der Waals surface area contributed by atoms with Crippen molar-refractivity contribution in [1.29, 1.82) is 0 Å². The zero-order valence-electron chi connectivity index (χ0n) is 12.9. The molecule has 0 aliphatic rings. The predicted octanol–water partition coefficient (Wildman–Crippen LogP) is 3.94. The monoisotopic (exact) mass is 317 g/mol. The molecule has 0 unspecified atom stereocenters. The summed E-state index contributed by atoms with van der Waals surface area (Å²) in [5.41, 5.74) is 1.94. The van der Waals surface area contributed by atoms with Crippen molar-refractivity contribution in [2.75, 3.05) is 13.7 Å². The van der Waals surface area contributed by atoms with Crippen LogP contribution in [0.25, 0.3) is 0 Å². The van der Waals surface area contributed by atoms with Crippen LogP contribution in [-0.2, 0) is 17.8 Å². The molecule has 2 aromatic rings. The van der Waals surface area contributed by atoms with E-state index in [0.717, 1.165) is 16.9 Å². The van der Waals surface area contributed by atoms with Gasteiger partial charge in [-0.15, -0.1) is 0 Å². The zero-order valence-corrected chi connectivity index (χ0v) is 13.6. The maximum atomic E-state index is 12.5. The maximum Gasteiger partial charge on any atom is 0.227 e. The number of rotatable bonds is 6. The first kappa shape index (κ1) is 16.4. The minimum atomic E-state index is 0.0904. The lowest BCUT2D eigenvalue weighted by molar-refractivity contribution is -0.130. The number of amides is 1. The van der Waals surface area contributed by atoms with Gasteiger partial charge in [-0.05, 0) is 36.2 Å². The minimum absolute atomic E-state index is 0.0904. The summed E-state index contributed by atoms with van der Waals surface area (Å²) in [6.45, 7) is 3.16. The van der Waals surface area contributed by atoms with E-state index in [1.54, 1.807) is 7.11 Å². The Labute approximate surface area is 136 Å². The Kier molecular flexibility index (Phi) is 5.84. The van der Waals surface area contributed by atoms with Crippen molar-refractivity contribution in [1.82, 2.24) is 4.90 Å². The molecular weight excluding hydrogens is 298 g/mol. The molecule has 2 aromatic carbocycles. The van der Waals surface area contributed by atoms with Gasteiger partial charge in [0.05, 0.1) is 13.5 Å². The highest BCUT2D eigenvalue weighted by Crippen LogP contribution is 2.18. The van der Waals surface area contributed by atoms with Crippen LogP contribution < -0.4 is 4.74 Å². The van der Waals surface area contributed by atoms with Crippen LogP contribution in [0.1, 0.15) is 18.1 Å². The van der Waals surface area contributed by atoms with Crippen LogP contribution in [0, 0.1) is 0 Å². The average molecular weight is 318 g/mol. The first-order chi connectivity index (χ1) is 10.6. The highest BCUT2D eigenvalue weighted by atomic mass is 35.5. The Morgan fingerprint density at radius 1 is 1.14 bits per heavy atom. The summed E-state index contributed by atoms with van der Waals surface area (Å²) in [5.74, 6) is 0.882. The van der Waals surface area contributed by atoms with Crippen molar-refractivity contribution < 1.29 is 9.53 Å². The molecule has 4 heteroatoms. The SMILES string of the molecule is CCN(Cc1ccccc1Cl)C(=O)Cc1ccc(OC)cc1. The smallest absolute Gasteiger partial charge is 0.227 e. The Hall–Kier alpha value is -2.00. The number of ether oxygens (including phenoxy) is 1. The molecule has 0 saturated carbocycles. The molecule has 3 nitrogen and oxygen atoms in total. The minimum Gasteiger partial charge on any atom is -0.497 e. The second-order valence-corrected chi connectivity index (χ2v) is 5.43. The molecule has 0 spiro atoms. The number of benzene rings is 2. The van der Waals surface area contributed by atoms with Crippen molar-refractivity contribution in [3.05, 3.63) is 64.7 Å². The summed E-state index contributed by atoms with van der Waals surface area (Å²) in [7, 11) is 1.63. The van der Waals surface area contributed by atoms with Crippen LogP contribution >= 0.6 is 11.6 Å². The number of methoxy groups -OCH3 is 1. The molecule has 0 aliphatic heterocycles. The summed E-state index contributed by atoms with van der Waals surface area (Å²) in [6.07, 6.45) is 0.377. The van der Waals surface area contributed by atoms with Gasteiger partial charge in [0.1, 0.15) is 5.75 Å².